The molecule has 38 heavy (non-hydrogen) atoms. The van der Waals surface area contributed by atoms with E-state index < -0.39 is 69.1 Å². The number of Topliss-reactive ketones (excluding diaryl/α,β-unsaturated/α-hetero) is 2. The van der Waals surface area contributed by atoms with Gasteiger partial charge in [-0.05, 0) is 57.3 Å². The second-order valence-electron chi connectivity index (χ2n) is 10.7. The van der Waals surface area contributed by atoms with E-state index >= 15 is 4.39 Å². The lowest BCUT2D eigenvalue weighted by Crippen LogP contribution is -2.70. The molecule has 1 amide bonds. The summed E-state index contributed by atoms with van der Waals surface area (Å²) in [7, 11) is 0. The van der Waals surface area contributed by atoms with Gasteiger partial charge in [0.1, 0.15) is 34.7 Å². The predicted octanol–water partition coefficient (Wildman–Crippen LogP) is 1.19. The van der Waals surface area contributed by atoms with Crippen LogP contribution in [0.4, 0.5) is 4.39 Å². The van der Waals surface area contributed by atoms with Gasteiger partial charge in [-0.2, -0.15) is 0 Å². The lowest BCUT2D eigenvalue weighted by Gasteiger charge is -2.55. The molecule has 1 spiro atoms. The lowest BCUT2D eigenvalue weighted by molar-refractivity contribution is -0.162. The third-order valence-electron chi connectivity index (χ3n) is 9.05. The van der Waals surface area contributed by atoms with Gasteiger partial charge in [0, 0.05) is 29.3 Å². The Morgan fingerprint density at radius 1 is 1.29 bits per heavy atom. The summed E-state index contributed by atoms with van der Waals surface area (Å²) in [6, 6.07) is -0.299. The number of aliphatic hydroxyl groups excluding tert-OH is 2. The van der Waals surface area contributed by atoms with Crippen molar-refractivity contribution in [1.29, 1.82) is 0 Å². The van der Waals surface area contributed by atoms with Gasteiger partial charge in [0.15, 0.2) is 11.4 Å². The molecule has 5 atom stereocenters. The van der Waals surface area contributed by atoms with Gasteiger partial charge in [-0.15, -0.1) is 0 Å². The van der Waals surface area contributed by atoms with Crippen molar-refractivity contribution in [2.75, 3.05) is 13.1 Å². The fourth-order valence-corrected chi connectivity index (χ4v) is 7.36. The quantitative estimate of drug-likeness (QED) is 0.317. The molecule has 1 saturated carbocycles. The molecule has 5 aliphatic rings. The molecule has 1 aromatic carbocycles. The number of aromatic hydroxyl groups is 1. The molecule has 0 bridgehead atoms. The number of carbonyl (C=O) groups excluding carboxylic acids is 3. The van der Waals surface area contributed by atoms with Crippen molar-refractivity contribution in [2.45, 2.75) is 50.3 Å². The Bertz CT molecular complexity index is 1430. The predicted molar refractivity (Wildman–Crippen MR) is 131 cm³/mol. The highest BCUT2D eigenvalue weighted by Gasteiger charge is 2.73. The summed E-state index contributed by atoms with van der Waals surface area (Å²) in [5.74, 6) is -6.99. The number of nitrogens with two attached hydrogens (primary N) is 1. The van der Waals surface area contributed by atoms with Crippen molar-refractivity contribution in [1.82, 2.24) is 10.2 Å². The van der Waals surface area contributed by atoms with Gasteiger partial charge in [0.25, 0.3) is 5.91 Å². The summed E-state index contributed by atoms with van der Waals surface area (Å²) in [6.45, 7) is 2.73. The Morgan fingerprint density at radius 2 is 2.03 bits per heavy atom. The number of nitrogens with one attached hydrogen (secondary N) is 1. The van der Waals surface area contributed by atoms with E-state index in [0.29, 0.717) is 13.0 Å². The molecule has 0 radical (unpaired) electrons. The van der Waals surface area contributed by atoms with Crippen LogP contribution in [-0.4, -0.2) is 67.5 Å². The van der Waals surface area contributed by atoms with Crippen LogP contribution < -0.4 is 11.1 Å². The first kappa shape index (κ1) is 24.6. The third kappa shape index (κ3) is 2.75. The van der Waals surface area contributed by atoms with Gasteiger partial charge in [0.2, 0.25) is 5.78 Å². The monoisotopic (exact) mass is 525 g/mol. The number of phenolic OH excluding ortho intramolecular Hbond substituents is 1. The third-order valence-corrected chi connectivity index (χ3v) is 9.05. The zero-order valence-corrected chi connectivity index (χ0v) is 20.6. The largest absolute Gasteiger partial charge is 0.508 e. The maximum atomic E-state index is 15.9. The Hall–Kier alpha value is -3.70. The molecule has 1 aromatic rings. The normalized spacial score (nSPS) is 33.9. The van der Waals surface area contributed by atoms with E-state index in [1.54, 1.807) is 11.8 Å². The van der Waals surface area contributed by atoms with Crippen molar-refractivity contribution in [3.05, 3.63) is 57.8 Å². The first-order valence-electron chi connectivity index (χ1n) is 12.7. The zero-order chi connectivity index (χ0) is 27.3. The number of ketones is 2. The number of primary amides is 1. The molecule has 2 heterocycles. The molecule has 6 rings (SSSR count). The van der Waals surface area contributed by atoms with Crippen LogP contribution in [0.25, 0.3) is 5.76 Å². The summed E-state index contributed by atoms with van der Waals surface area (Å²) in [5, 5.41) is 48.3. The molecular formula is C27H28FN3O7. The number of hydrogen-bond acceptors (Lipinski definition) is 9. The van der Waals surface area contributed by atoms with Gasteiger partial charge in [-0.25, -0.2) is 4.39 Å². The summed E-state index contributed by atoms with van der Waals surface area (Å²) < 4.78 is 15.9. The average Bonchev–Trinajstić information content (AvgIpc) is 3.52. The Labute approximate surface area is 216 Å². The zero-order valence-electron chi connectivity index (χ0n) is 20.6. The summed E-state index contributed by atoms with van der Waals surface area (Å²) in [6.07, 6.45) is 4.30. The van der Waals surface area contributed by atoms with Gasteiger partial charge in [0.05, 0.1) is 11.0 Å². The first-order valence-corrected chi connectivity index (χ1v) is 12.7. The topological polar surface area (TPSA) is 173 Å². The van der Waals surface area contributed by atoms with Gasteiger partial charge < -0.3 is 36.4 Å². The smallest absolute Gasteiger partial charge is 0.255 e. The van der Waals surface area contributed by atoms with Gasteiger partial charge >= 0.3 is 0 Å². The van der Waals surface area contributed by atoms with Crippen LogP contribution in [0, 0.1) is 17.2 Å². The second kappa shape index (κ2) is 7.90. The Morgan fingerprint density at radius 3 is 2.66 bits per heavy atom. The van der Waals surface area contributed by atoms with Crippen molar-refractivity contribution >= 4 is 23.2 Å². The molecule has 2 fully saturated rings. The number of halogens is 1. The number of amides is 1. The van der Waals surface area contributed by atoms with E-state index in [1.807, 2.05) is 0 Å². The van der Waals surface area contributed by atoms with E-state index in [0.717, 1.165) is 6.42 Å². The van der Waals surface area contributed by atoms with Crippen molar-refractivity contribution < 1.29 is 39.2 Å². The van der Waals surface area contributed by atoms with Crippen LogP contribution in [0.5, 0.6) is 5.75 Å². The average molecular weight is 526 g/mol. The number of carbonyl (C=O) groups is 3. The fraction of sp³-hybridized carbons (Fsp3) is 0.444. The highest BCUT2D eigenvalue weighted by atomic mass is 19.1. The molecule has 7 N–H and O–H groups in total. The van der Waals surface area contributed by atoms with Crippen molar-refractivity contribution in [3.8, 4) is 5.75 Å². The van der Waals surface area contributed by atoms with Crippen LogP contribution in [-0.2, 0) is 20.8 Å². The molecule has 2 aliphatic heterocycles. The molecule has 3 aliphatic carbocycles. The molecule has 1 unspecified atom stereocenters. The highest BCUT2D eigenvalue weighted by molar-refractivity contribution is 6.25. The number of nitrogens with zero attached hydrogens (tertiary/aromatic N) is 1. The van der Waals surface area contributed by atoms with Crippen molar-refractivity contribution in [3.63, 3.8) is 0 Å². The van der Waals surface area contributed by atoms with E-state index in [2.05, 4.69) is 5.32 Å². The van der Waals surface area contributed by atoms with Gasteiger partial charge in [-0.1, -0.05) is 6.08 Å². The summed E-state index contributed by atoms with van der Waals surface area (Å²) in [5.41, 5.74) is -0.230. The maximum absolute atomic E-state index is 15.9. The fourth-order valence-electron chi connectivity index (χ4n) is 7.36. The molecule has 200 valence electrons. The molecule has 1 saturated heterocycles. The molecule has 10 nitrogen and oxygen atoms in total. The van der Waals surface area contributed by atoms with Crippen LogP contribution in [0.3, 0.4) is 0 Å². The van der Waals surface area contributed by atoms with Crippen LogP contribution >= 0.6 is 0 Å². The Balaban J connectivity index is 1.58. The number of fused-ring (bicyclic) bond motifs is 2. The maximum Gasteiger partial charge on any atom is 0.255 e. The summed E-state index contributed by atoms with van der Waals surface area (Å²) >= 11 is 0. The second-order valence-corrected chi connectivity index (χ2v) is 10.7. The molecule has 0 aromatic heterocycles. The van der Waals surface area contributed by atoms with E-state index in [1.165, 1.54) is 18.3 Å². The van der Waals surface area contributed by atoms with E-state index in [4.69, 9.17) is 5.73 Å². The lowest BCUT2D eigenvalue weighted by atomic mass is 9.50. The highest BCUT2D eigenvalue weighted by Crippen LogP contribution is 2.61. The number of likely N-dealkylation sites (N-methyl/N-ethyl adjacent to an activating group) is 1. The van der Waals surface area contributed by atoms with Crippen molar-refractivity contribution in [2.24, 2.45) is 17.1 Å². The SMILES string of the molecule is CCN1C=C[C@@]23C[C@@H]4Cc5c(F)c(C6CCCN6)cc(O)c5C(O)=C4C(=O)[C@]2(O)C(O)=C(C(N)=O)C(=O)[C@@H]13. The van der Waals surface area contributed by atoms with Crippen LogP contribution in [0.15, 0.2) is 35.2 Å². The minimum absolute atomic E-state index is 0.0418. The number of benzene rings is 1. The van der Waals surface area contributed by atoms with Gasteiger partial charge in [-0.3, -0.25) is 14.4 Å². The van der Waals surface area contributed by atoms with E-state index in [9.17, 15) is 34.8 Å². The number of phenols is 1. The number of aliphatic hydroxyl groups is 3. The first-order chi connectivity index (χ1) is 18.0. The van der Waals surface area contributed by atoms with E-state index in [-0.39, 0.29) is 47.7 Å². The Kier molecular flexibility index (Phi) is 5.12. The minimum atomic E-state index is -2.80. The molecule has 11 heteroatoms. The number of rotatable bonds is 3. The molecular weight excluding hydrogens is 497 g/mol. The summed E-state index contributed by atoms with van der Waals surface area (Å²) in [4.78, 5) is 41.3. The van der Waals surface area contributed by atoms with Crippen LogP contribution in [0.1, 0.15) is 48.9 Å². The standard InChI is InChI=1S/C27H28FN3O7/c1-2-31-7-5-26-10-11-8-13-17(15(32)9-12(19(13)28)14-4-3-6-30-14)20(33)16(11)23(35)27(26,38)24(36)18(25(29)37)21(34)22(26)31/h5,7,9,11,14,22,30,32-33,36,38H,2-4,6,8,10H2,1H3,(H2,29,37)/t11-,14?,22+,26-,27-/m0/s1. The minimum Gasteiger partial charge on any atom is -0.508 e. The number of hydrogen-bond donors (Lipinski definition) is 6. The van der Waals surface area contributed by atoms with Crippen LogP contribution in [0.2, 0.25) is 0 Å².